The van der Waals surface area contributed by atoms with Crippen LogP contribution >= 0.6 is 0 Å². The van der Waals surface area contributed by atoms with Gasteiger partial charge in [-0.2, -0.15) is 0 Å². The lowest BCUT2D eigenvalue weighted by molar-refractivity contribution is -0.384. The van der Waals surface area contributed by atoms with E-state index in [9.17, 15) is 19.7 Å². The lowest BCUT2D eigenvalue weighted by Crippen LogP contribution is -2.45. The molecule has 1 aromatic rings. The minimum absolute atomic E-state index is 0.000923. The molecule has 9 nitrogen and oxygen atoms in total. The van der Waals surface area contributed by atoms with Crippen molar-refractivity contribution >= 4 is 26.0 Å². The molecule has 0 aromatic heterocycles. The van der Waals surface area contributed by atoms with Crippen LogP contribution in [0.1, 0.15) is 32.8 Å². The number of amides is 2. The van der Waals surface area contributed by atoms with Gasteiger partial charge in [0, 0.05) is 25.1 Å². The maximum Gasteiger partial charge on any atom is 0.410 e. The van der Waals surface area contributed by atoms with Crippen LogP contribution in [0.2, 0.25) is 18.1 Å². The van der Waals surface area contributed by atoms with E-state index >= 15 is 0 Å². The van der Waals surface area contributed by atoms with Crippen molar-refractivity contribution in [2.45, 2.75) is 64.1 Å². The van der Waals surface area contributed by atoms with Gasteiger partial charge in [-0.3, -0.25) is 19.8 Å². The van der Waals surface area contributed by atoms with Crippen LogP contribution < -0.4 is 5.73 Å². The standard InChI is InChI=1S/C19H29N3O6Si/c1-19(2,3)29(4,5)28-15-10-16(17(20)23)21(11-15)18(24)27-12-13-6-8-14(9-7-13)22(25)26/h6-9,15-16H,10-12H2,1-5H3,(H2,20,23)/t15-,16+/m1/s1. The highest BCUT2D eigenvalue weighted by atomic mass is 28.4. The number of benzene rings is 1. The normalized spacial score (nSPS) is 19.8. The van der Waals surface area contributed by atoms with Crippen molar-refractivity contribution in [2.24, 2.45) is 5.73 Å². The third kappa shape index (κ3) is 5.54. The van der Waals surface area contributed by atoms with E-state index in [1.165, 1.54) is 29.2 Å². The van der Waals surface area contributed by atoms with Gasteiger partial charge >= 0.3 is 6.09 Å². The van der Waals surface area contributed by atoms with Gasteiger partial charge in [-0.15, -0.1) is 0 Å². The van der Waals surface area contributed by atoms with E-state index < -0.39 is 31.3 Å². The number of hydrogen-bond acceptors (Lipinski definition) is 6. The average Bonchev–Trinajstić information content (AvgIpc) is 3.02. The van der Waals surface area contributed by atoms with Crippen LogP contribution in [0.5, 0.6) is 0 Å². The highest BCUT2D eigenvalue weighted by Crippen LogP contribution is 2.39. The van der Waals surface area contributed by atoms with Gasteiger partial charge in [0.25, 0.3) is 5.69 Å². The van der Waals surface area contributed by atoms with Gasteiger partial charge in [0.1, 0.15) is 12.6 Å². The third-order valence-electron chi connectivity index (χ3n) is 5.60. The summed E-state index contributed by atoms with van der Waals surface area (Å²) in [5, 5.41) is 10.7. The van der Waals surface area contributed by atoms with Crippen molar-refractivity contribution in [3.63, 3.8) is 0 Å². The molecule has 0 radical (unpaired) electrons. The summed E-state index contributed by atoms with van der Waals surface area (Å²) in [6.45, 7) is 10.8. The van der Waals surface area contributed by atoms with E-state index in [1.807, 2.05) is 0 Å². The smallest absolute Gasteiger partial charge is 0.410 e. The number of nitro benzene ring substituents is 1. The van der Waals surface area contributed by atoms with Crippen LogP contribution in [0.25, 0.3) is 0 Å². The quantitative estimate of drug-likeness (QED) is 0.425. The summed E-state index contributed by atoms with van der Waals surface area (Å²) in [4.78, 5) is 35.9. The number of likely N-dealkylation sites (tertiary alicyclic amines) is 1. The van der Waals surface area contributed by atoms with E-state index in [1.54, 1.807) is 0 Å². The topological polar surface area (TPSA) is 125 Å². The van der Waals surface area contributed by atoms with Gasteiger partial charge in [-0.1, -0.05) is 20.8 Å². The Bertz CT molecular complexity index is 775. The number of nitro groups is 1. The van der Waals surface area contributed by atoms with Crippen molar-refractivity contribution < 1.29 is 23.7 Å². The number of non-ortho nitro benzene ring substituents is 1. The average molecular weight is 424 g/mol. The maximum atomic E-state index is 12.6. The van der Waals surface area contributed by atoms with Gasteiger partial charge < -0.3 is 14.9 Å². The fourth-order valence-electron chi connectivity index (χ4n) is 2.89. The molecule has 29 heavy (non-hydrogen) atoms. The summed E-state index contributed by atoms with van der Waals surface area (Å²) < 4.78 is 11.6. The lowest BCUT2D eigenvalue weighted by Gasteiger charge is -2.38. The van der Waals surface area contributed by atoms with Crippen LogP contribution in [0.15, 0.2) is 24.3 Å². The molecule has 1 aliphatic rings. The molecule has 1 aromatic carbocycles. The Labute approximate surface area is 171 Å². The predicted molar refractivity (Wildman–Crippen MR) is 110 cm³/mol. The first kappa shape index (κ1) is 22.8. The molecule has 1 saturated heterocycles. The van der Waals surface area contributed by atoms with Crippen LogP contribution in [-0.2, 0) is 20.6 Å². The highest BCUT2D eigenvalue weighted by molar-refractivity contribution is 6.74. The molecule has 0 saturated carbocycles. The van der Waals surface area contributed by atoms with Gasteiger partial charge in [0.15, 0.2) is 8.32 Å². The highest BCUT2D eigenvalue weighted by Gasteiger charge is 2.45. The second kappa shape index (κ2) is 8.50. The van der Waals surface area contributed by atoms with Crippen LogP contribution in [0, 0.1) is 10.1 Å². The van der Waals surface area contributed by atoms with Gasteiger partial charge in [-0.05, 0) is 35.8 Å². The number of hydrogen-bond donors (Lipinski definition) is 1. The van der Waals surface area contributed by atoms with Gasteiger partial charge in [0.2, 0.25) is 5.91 Å². The van der Waals surface area contributed by atoms with Crippen molar-refractivity contribution in [1.82, 2.24) is 4.90 Å². The van der Waals surface area contributed by atoms with E-state index in [2.05, 4.69) is 33.9 Å². The molecule has 0 bridgehead atoms. The van der Waals surface area contributed by atoms with Crippen LogP contribution in [0.4, 0.5) is 10.5 Å². The fourth-order valence-corrected chi connectivity index (χ4v) is 4.25. The molecule has 1 fully saturated rings. The first-order valence-corrected chi connectivity index (χ1v) is 12.4. The third-order valence-corrected chi connectivity index (χ3v) is 10.1. The minimum Gasteiger partial charge on any atom is -0.445 e. The number of nitrogens with two attached hydrogens (primary N) is 1. The molecule has 0 unspecified atom stereocenters. The molecule has 1 heterocycles. The SMILES string of the molecule is CC(C)(C)[Si](C)(C)O[C@@H]1C[C@@H](C(N)=O)N(C(=O)OCc2ccc([N+](=O)[O-])cc2)C1. The molecular formula is C19H29N3O6Si. The lowest BCUT2D eigenvalue weighted by atomic mass is 10.2. The van der Waals surface area contributed by atoms with Crippen molar-refractivity contribution in [2.75, 3.05) is 6.54 Å². The van der Waals surface area contributed by atoms with Gasteiger partial charge in [0.05, 0.1) is 11.0 Å². The molecule has 2 rings (SSSR count). The molecule has 10 heteroatoms. The minimum atomic E-state index is -2.07. The fraction of sp³-hybridized carbons (Fsp3) is 0.579. The zero-order valence-corrected chi connectivity index (χ0v) is 18.5. The monoisotopic (exact) mass is 423 g/mol. The molecule has 2 N–H and O–H groups in total. The summed E-state index contributed by atoms with van der Waals surface area (Å²) in [5.74, 6) is -0.599. The number of carbonyl (C=O) groups is 2. The Kier molecular flexibility index (Phi) is 6.69. The number of primary amides is 1. The summed E-state index contributed by atoms with van der Waals surface area (Å²) in [5.41, 5.74) is 6.06. The Morgan fingerprint density at radius 1 is 1.28 bits per heavy atom. The molecule has 160 valence electrons. The summed E-state index contributed by atoms with van der Waals surface area (Å²) in [6, 6.07) is 4.94. The zero-order chi connectivity index (χ0) is 22.0. The summed E-state index contributed by atoms with van der Waals surface area (Å²) >= 11 is 0. The van der Waals surface area contributed by atoms with Crippen molar-refractivity contribution in [3.05, 3.63) is 39.9 Å². The molecular weight excluding hydrogens is 394 g/mol. The molecule has 2 atom stereocenters. The van der Waals surface area contributed by atoms with Crippen molar-refractivity contribution in [1.29, 1.82) is 0 Å². The Hall–Kier alpha value is -2.46. The van der Waals surface area contributed by atoms with E-state index in [0.29, 0.717) is 12.0 Å². The Morgan fingerprint density at radius 3 is 2.34 bits per heavy atom. The number of ether oxygens (including phenoxy) is 1. The van der Waals surface area contributed by atoms with E-state index in [-0.39, 0.29) is 30.0 Å². The van der Waals surface area contributed by atoms with E-state index in [4.69, 9.17) is 14.9 Å². The molecule has 1 aliphatic heterocycles. The summed E-state index contributed by atoms with van der Waals surface area (Å²) in [6.07, 6.45) is -0.595. The molecule has 2 amide bonds. The number of carbonyl (C=O) groups excluding carboxylic acids is 2. The second-order valence-electron chi connectivity index (χ2n) is 8.78. The first-order valence-electron chi connectivity index (χ1n) is 9.45. The summed E-state index contributed by atoms with van der Waals surface area (Å²) in [7, 11) is -2.07. The largest absolute Gasteiger partial charge is 0.445 e. The van der Waals surface area contributed by atoms with Crippen molar-refractivity contribution in [3.8, 4) is 0 Å². The first-order chi connectivity index (χ1) is 13.3. The van der Waals surface area contributed by atoms with E-state index in [0.717, 1.165) is 0 Å². The van der Waals surface area contributed by atoms with Gasteiger partial charge in [-0.25, -0.2) is 4.79 Å². The molecule has 0 spiro atoms. The maximum absolute atomic E-state index is 12.6. The number of rotatable bonds is 6. The second-order valence-corrected chi connectivity index (χ2v) is 13.5. The molecule has 0 aliphatic carbocycles. The predicted octanol–water partition coefficient (Wildman–Crippen LogP) is 3.18. The number of nitrogens with zero attached hydrogens (tertiary/aromatic N) is 2. The Morgan fingerprint density at radius 2 is 1.86 bits per heavy atom. The zero-order valence-electron chi connectivity index (χ0n) is 17.5. The Balaban J connectivity index is 2.02. The van der Waals surface area contributed by atoms with Crippen LogP contribution in [-0.4, -0.2) is 48.8 Å². The van der Waals surface area contributed by atoms with Crippen LogP contribution in [0.3, 0.4) is 0 Å².